The summed E-state index contributed by atoms with van der Waals surface area (Å²) in [6, 6.07) is 8.62. The number of fused-ring (bicyclic) bond motifs is 1. The number of nitrogens with one attached hydrogen (secondary N) is 2. The molecule has 7 heteroatoms. The maximum absolute atomic E-state index is 12.1. The van der Waals surface area contributed by atoms with Crippen molar-refractivity contribution in [2.24, 2.45) is 0 Å². The molecule has 1 aliphatic heterocycles. The van der Waals surface area contributed by atoms with Gasteiger partial charge in [-0.25, -0.2) is 0 Å². The summed E-state index contributed by atoms with van der Waals surface area (Å²) < 4.78 is 2.05. The number of halogens is 1. The Hall–Kier alpha value is -1.50. The Kier molecular flexibility index (Phi) is 8.00. The first-order chi connectivity index (χ1) is 12.1. The highest BCUT2D eigenvalue weighted by atomic mass is 35.5. The van der Waals surface area contributed by atoms with Gasteiger partial charge < -0.3 is 10.6 Å². The number of rotatable bonds is 6. The lowest BCUT2D eigenvalue weighted by Crippen LogP contribution is -2.25. The molecule has 0 bridgehead atoms. The van der Waals surface area contributed by atoms with E-state index < -0.39 is 0 Å². The van der Waals surface area contributed by atoms with E-state index in [1.54, 1.807) is 11.8 Å². The summed E-state index contributed by atoms with van der Waals surface area (Å²) in [5.74, 6) is 1.40. The van der Waals surface area contributed by atoms with Crippen molar-refractivity contribution in [1.29, 1.82) is 0 Å². The third-order valence-electron chi connectivity index (χ3n) is 4.19. The molecule has 1 aliphatic rings. The molecule has 0 aliphatic carbocycles. The van der Waals surface area contributed by atoms with Crippen molar-refractivity contribution >= 4 is 30.1 Å². The Morgan fingerprint density at radius 2 is 2.04 bits per heavy atom. The molecular formula is C19H27ClN4OS. The number of hydrogen-bond acceptors (Lipinski definition) is 4. The molecule has 0 unspecified atom stereocenters. The van der Waals surface area contributed by atoms with Crippen molar-refractivity contribution in [3.63, 3.8) is 0 Å². The second kappa shape index (κ2) is 10.00. The Labute approximate surface area is 165 Å². The van der Waals surface area contributed by atoms with Crippen molar-refractivity contribution in [3.8, 4) is 0 Å². The lowest BCUT2D eigenvalue weighted by molar-refractivity contribution is -0.118. The molecule has 2 aromatic rings. The largest absolute Gasteiger partial charge is 0.350 e. The molecule has 0 saturated heterocycles. The van der Waals surface area contributed by atoms with Crippen LogP contribution in [0.3, 0.4) is 0 Å². The van der Waals surface area contributed by atoms with E-state index in [1.165, 1.54) is 22.4 Å². The van der Waals surface area contributed by atoms with Crippen molar-refractivity contribution < 1.29 is 4.79 Å². The van der Waals surface area contributed by atoms with Gasteiger partial charge in [-0.05, 0) is 38.4 Å². The first-order valence-electron chi connectivity index (χ1n) is 8.78. The van der Waals surface area contributed by atoms with Crippen LogP contribution < -0.4 is 10.6 Å². The minimum absolute atomic E-state index is 0. The van der Waals surface area contributed by atoms with E-state index in [-0.39, 0.29) is 18.3 Å². The van der Waals surface area contributed by atoms with E-state index in [9.17, 15) is 4.79 Å². The van der Waals surface area contributed by atoms with Crippen LogP contribution in [0.25, 0.3) is 0 Å². The van der Waals surface area contributed by atoms with Crippen molar-refractivity contribution in [1.82, 2.24) is 20.4 Å². The number of carbonyl (C=O) groups is 1. The lowest BCUT2D eigenvalue weighted by Gasteiger charge is -2.06. The van der Waals surface area contributed by atoms with Crippen LogP contribution in [-0.2, 0) is 30.2 Å². The molecule has 1 amide bonds. The number of amides is 1. The first-order valence-corrected chi connectivity index (χ1v) is 9.93. The average Bonchev–Trinajstić information content (AvgIpc) is 2.81. The second-order valence-electron chi connectivity index (χ2n) is 6.65. The van der Waals surface area contributed by atoms with Crippen LogP contribution in [0.1, 0.15) is 34.5 Å². The van der Waals surface area contributed by atoms with Crippen LogP contribution >= 0.6 is 24.2 Å². The highest BCUT2D eigenvalue weighted by Gasteiger charge is 2.11. The fourth-order valence-electron chi connectivity index (χ4n) is 3.16. The Bertz CT molecular complexity index is 703. The Morgan fingerprint density at radius 1 is 1.27 bits per heavy atom. The van der Waals surface area contributed by atoms with Gasteiger partial charge in [-0.3, -0.25) is 9.48 Å². The quantitative estimate of drug-likeness (QED) is 0.790. The van der Waals surface area contributed by atoms with Gasteiger partial charge in [0.2, 0.25) is 5.91 Å². The molecule has 0 fully saturated rings. The number of benzene rings is 1. The maximum Gasteiger partial charge on any atom is 0.230 e. The summed E-state index contributed by atoms with van der Waals surface area (Å²) in [6.07, 6.45) is 1.09. The molecule has 3 rings (SSSR count). The number of nitrogens with zero attached hydrogens (tertiary/aromatic N) is 2. The summed E-state index contributed by atoms with van der Waals surface area (Å²) in [7, 11) is 0. The van der Waals surface area contributed by atoms with Crippen molar-refractivity contribution in [2.45, 2.75) is 45.7 Å². The minimum atomic E-state index is 0. The first kappa shape index (κ1) is 20.8. The van der Waals surface area contributed by atoms with Gasteiger partial charge in [0.05, 0.1) is 23.7 Å². The monoisotopic (exact) mass is 394 g/mol. The van der Waals surface area contributed by atoms with Crippen molar-refractivity contribution in [2.75, 3.05) is 12.3 Å². The van der Waals surface area contributed by atoms with Crippen molar-refractivity contribution in [3.05, 3.63) is 52.3 Å². The van der Waals surface area contributed by atoms with Gasteiger partial charge in [0.15, 0.2) is 0 Å². The Balaban J connectivity index is 0.00000243. The standard InChI is InChI=1S/C19H26N4OS.ClH/c1-14-6-15(2)8-16(7-14)12-25-13-19(24)21-10-17-9-18-11-20-4-3-5-23(18)22-17;/h6-9,20H,3-5,10-13H2,1-2H3,(H,21,24);1H. The molecule has 1 aromatic heterocycles. The molecule has 0 saturated carbocycles. The highest BCUT2D eigenvalue weighted by molar-refractivity contribution is 7.99. The SMILES string of the molecule is Cc1cc(C)cc(CSCC(=O)NCc2cc3n(n2)CCCNC3)c1.Cl. The zero-order chi connectivity index (χ0) is 17.6. The summed E-state index contributed by atoms with van der Waals surface area (Å²) >= 11 is 1.65. The smallest absolute Gasteiger partial charge is 0.230 e. The van der Waals surface area contributed by atoms with Gasteiger partial charge in [-0.1, -0.05) is 29.3 Å². The number of aromatic nitrogens is 2. The lowest BCUT2D eigenvalue weighted by atomic mass is 10.1. The molecule has 0 atom stereocenters. The van der Waals surface area contributed by atoms with E-state index in [0.717, 1.165) is 37.5 Å². The van der Waals surface area contributed by atoms with E-state index in [1.807, 2.05) is 0 Å². The third-order valence-corrected chi connectivity index (χ3v) is 5.20. The molecule has 5 nitrogen and oxygen atoms in total. The topological polar surface area (TPSA) is 59.0 Å². The predicted octanol–water partition coefficient (Wildman–Crippen LogP) is 2.96. The molecular weight excluding hydrogens is 368 g/mol. The summed E-state index contributed by atoms with van der Waals surface area (Å²) in [5, 5.41) is 10.9. The van der Waals surface area contributed by atoms with Gasteiger partial charge in [-0.2, -0.15) is 5.10 Å². The number of carbonyl (C=O) groups excluding carboxylic acids is 1. The van der Waals surface area contributed by atoms with Crippen LogP contribution in [0.2, 0.25) is 0 Å². The molecule has 142 valence electrons. The highest BCUT2D eigenvalue weighted by Crippen LogP contribution is 2.16. The average molecular weight is 395 g/mol. The van der Waals surface area contributed by atoms with Gasteiger partial charge >= 0.3 is 0 Å². The fourth-order valence-corrected chi connectivity index (χ4v) is 3.95. The normalized spacial score (nSPS) is 13.5. The minimum Gasteiger partial charge on any atom is -0.350 e. The van der Waals surface area contributed by atoms with Gasteiger partial charge in [0.1, 0.15) is 0 Å². The fraction of sp³-hybridized carbons (Fsp3) is 0.474. The zero-order valence-electron chi connectivity index (χ0n) is 15.4. The summed E-state index contributed by atoms with van der Waals surface area (Å²) in [4.78, 5) is 12.1. The van der Waals surface area contributed by atoms with E-state index in [2.05, 4.69) is 58.5 Å². The van der Waals surface area contributed by atoms with Gasteiger partial charge in [0, 0.05) is 18.8 Å². The second-order valence-corrected chi connectivity index (χ2v) is 7.63. The number of thioether (sulfide) groups is 1. The van der Waals surface area contributed by atoms with Crippen LogP contribution in [0.15, 0.2) is 24.3 Å². The van der Waals surface area contributed by atoms with Crippen LogP contribution in [0, 0.1) is 13.8 Å². The van der Waals surface area contributed by atoms with E-state index >= 15 is 0 Å². The Morgan fingerprint density at radius 3 is 2.81 bits per heavy atom. The van der Waals surface area contributed by atoms with E-state index in [4.69, 9.17) is 0 Å². The van der Waals surface area contributed by atoms with Crippen LogP contribution in [0.5, 0.6) is 0 Å². The predicted molar refractivity (Wildman–Crippen MR) is 110 cm³/mol. The molecule has 0 radical (unpaired) electrons. The van der Waals surface area contributed by atoms with Crippen LogP contribution in [0.4, 0.5) is 0 Å². The number of aryl methyl sites for hydroxylation is 3. The molecule has 0 spiro atoms. The van der Waals surface area contributed by atoms with Gasteiger partial charge in [-0.15, -0.1) is 24.2 Å². The van der Waals surface area contributed by atoms with Crippen LogP contribution in [-0.4, -0.2) is 28.0 Å². The maximum atomic E-state index is 12.1. The summed E-state index contributed by atoms with van der Waals surface area (Å²) in [5.41, 5.74) is 5.96. The molecule has 2 N–H and O–H groups in total. The third kappa shape index (κ3) is 6.04. The molecule has 26 heavy (non-hydrogen) atoms. The zero-order valence-corrected chi connectivity index (χ0v) is 17.0. The molecule has 1 aromatic carbocycles. The summed E-state index contributed by atoms with van der Waals surface area (Å²) in [6.45, 7) is 7.55. The van der Waals surface area contributed by atoms with Gasteiger partial charge in [0.25, 0.3) is 0 Å². The molecule has 2 heterocycles. The van der Waals surface area contributed by atoms with E-state index in [0.29, 0.717) is 12.3 Å². The number of hydrogen-bond donors (Lipinski definition) is 2.